The molecule has 4 rings (SSSR count). The topological polar surface area (TPSA) is 83.6 Å². The van der Waals surface area contributed by atoms with Gasteiger partial charge in [-0.2, -0.15) is 0 Å². The first-order chi connectivity index (χ1) is 14.4. The van der Waals surface area contributed by atoms with Gasteiger partial charge in [0.2, 0.25) is 0 Å². The summed E-state index contributed by atoms with van der Waals surface area (Å²) in [6.07, 6.45) is 0. The Hall–Kier alpha value is -4.06. The van der Waals surface area contributed by atoms with Gasteiger partial charge in [-0.1, -0.05) is 42.5 Å². The Bertz CT molecular complexity index is 1180. The average molecular weight is 398 g/mol. The summed E-state index contributed by atoms with van der Waals surface area (Å²) in [5.41, 5.74) is 2.55. The predicted octanol–water partition coefficient (Wildman–Crippen LogP) is 3.94. The third-order valence-corrected chi connectivity index (χ3v) is 4.94. The summed E-state index contributed by atoms with van der Waals surface area (Å²) in [5.74, 6) is -1.33. The van der Waals surface area contributed by atoms with E-state index in [0.29, 0.717) is 11.3 Å². The molecule has 0 unspecified atom stereocenters. The molecule has 0 aliphatic carbocycles. The van der Waals surface area contributed by atoms with Gasteiger partial charge in [-0.05, 0) is 42.8 Å². The van der Waals surface area contributed by atoms with Crippen molar-refractivity contribution in [3.05, 3.63) is 101 Å². The molecule has 1 aliphatic rings. The second-order valence-electron chi connectivity index (χ2n) is 7.03. The number of Topliss-reactive ketones (excluding diaryl/α,β-unsaturated/α-hetero) is 1. The maximum absolute atomic E-state index is 12.8. The highest BCUT2D eigenvalue weighted by Crippen LogP contribution is 2.26. The van der Waals surface area contributed by atoms with E-state index in [2.05, 4.69) is 5.32 Å². The molecule has 0 saturated carbocycles. The molecule has 6 nitrogen and oxygen atoms in total. The summed E-state index contributed by atoms with van der Waals surface area (Å²) in [5, 5.41) is 2.72. The zero-order chi connectivity index (χ0) is 21.3. The average Bonchev–Trinajstić information content (AvgIpc) is 2.99. The van der Waals surface area contributed by atoms with Gasteiger partial charge in [0, 0.05) is 16.8 Å². The van der Waals surface area contributed by atoms with Crippen LogP contribution in [0.5, 0.6) is 0 Å². The minimum absolute atomic E-state index is 0.105. The fourth-order valence-electron chi connectivity index (χ4n) is 3.36. The molecule has 1 heterocycles. The van der Waals surface area contributed by atoms with Gasteiger partial charge in [0.05, 0.1) is 17.7 Å². The van der Waals surface area contributed by atoms with Crippen LogP contribution in [0.25, 0.3) is 0 Å². The van der Waals surface area contributed by atoms with Gasteiger partial charge in [-0.15, -0.1) is 0 Å². The van der Waals surface area contributed by atoms with Gasteiger partial charge in [0.25, 0.3) is 17.7 Å². The van der Waals surface area contributed by atoms with Gasteiger partial charge in [0.15, 0.2) is 5.78 Å². The van der Waals surface area contributed by atoms with Gasteiger partial charge >= 0.3 is 0 Å². The third-order valence-electron chi connectivity index (χ3n) is 4.94. The Labute approximate surface area is 173 Å². The Morgan fingerprint density at radius 2 is 1.53 bits per heavy atom. The van der Waals surface area contributed by atoms with Crippen LogP contribution in [-0.2, 0) is 6.54 Å². The van der Waals surface area contributed by atoms with Crippen molar-refractivity contribution in [3.63, 3.8) is 0 Å². The largest absolute Gasteiger partial charge is 0.322 e. The Balaban J connectivity index is 1.56. The molecule has 30 heavy (non-hydrogen) atoms. The van der Waals surface area contributed by atoms with Crippen molar-refractivity contribution in [2.45, 2.75) is 13.5 Å². The normalized spacial score (nSPS) is 12.6. The van der Waals surface area contributed by atoms with Crippen LogP contribution in [0.3, 0.4) is 0 Å². The van der Waals surface area contributed by atoms with Crippen LogP contribution in [0.1, 0.15) is 53.9 Å². The van der Waals surface area contributed by atoms with Gasteiger partial charge in [0.1, 0.15) is 0 Å². The first-order valence-corrected chi connectivity index (χ1v) is 9.40. The number of nitrogens with zero attached hydrogens (tertiary/aromatic N) is 1. The fourth-order valence-corrected chi connectivity index (χ4v) is 3.36. The number of amides is 3. The number of imide groups is 1. The number of nitrogens with one attached hydrogen (secondary N) is 1. The van der Waals surface area contributed by atoms with E-state index in [9.17, 15) is 19.2 Å². The molecule has 3 aromatic rings. The monoisotopic (exact) mass is 398 g/mol. The highest BCUT2D eigenvalue weighted by Gasteiger charge is 2.36. The van der Waals surface area contributed by atoms with Crippen molar-refractivity contribution in [2.24, 2.45) is 0 Å². The molecule has 1 N–H and O–H groups in total. The van der Waals surface area contributed by atoms with Gasteiger partial charge < -0.3 is 5.32 Å². The van der Waals surface area contributed by atoms with E-state index in [1.165, 1.54) is 30.0 Å². The van der Waals surface area contributed by atoms with Crippen LogP contribution in [-0.4, -0.2) is 28.4 Å². The summed E-state index contributed by atoms with van der Waals surface area (Å²) >= 11 is 0. The highest BCUT2D eigenvalue weighted by molar-refractivity contribution is 6.22. The molecule has 0 aromatic heterocycles. The molecule has 3 aromatic carbocycles. The molecule has 1 aliphatic heterocycles. The van der Waals surface area contributed by atoms with Crippen molar-refractivity contribution in [1.29, 1.82) is 0 Å². The Morgan fingerprint density at radius 1 is 0.800 bits per heavy atom. The molecule has 3 amide bonds. The van der Waals surface area contributed by atoms with Crippen LogP contribution in [0.4, 0.5) is 5.69 Å². The van der Waals surface area contributed by atoms with Crippen LogP contribution < -0.4 is 5.32 Å². The second-order valence-corrected chi connectivity index (χ2v) is 7.03. The number of hydrogen-bond donors (Lipinski definition) is 1. The molecule has 0 fully saturated rings. The minimum Gasteiger partial charge on any atom is -0.322 e. The SMILES string of the molecule is CC(=O)c1cccc(NC(=O)c2ccc3c(c2)C(=O)N(Cc2ccccc2)C3=O)c1. The van der Waals surface area contributed by atoms with Crippen molar-refractivity contribution in [3.8, 4) is 0 Å². The van der Waals surface area contributed by atoms with E-state index < -0.39 is 11.8 Å². The predicted molar refractivity (Wildman–Crippen MR) is 111 cm³/mol. The number of fused-ring (bicyclic) bond motifs is 1. The van der Waals surface area contributed by atoms with E-state index in [1.807, 2.05) is 30.3 Å². The van der Waals surface area contributed by atoms with E-state index in [4.69, 9.17) is 0 Å². The van der Waals surface area contributed by atoms with E-state index in [0.717, 1.165) is 5.56 Å². The molecule has 6 heteroatoms. The number of ketones is 1. The van der Waals surface area contributed by atoms with Gasteiger partial charge in [-0.3, -0.25) is 24.1 Å². The third kappa shape index (κ3) is 3.63. The molecule has 0 bridgehead atoms. The van der Waals surface area contributed by atoms with Crippen molar-refractivity contribution < 1.29 is 19.2 Å². The fraction of sp³-hybridized carbons (Fsp3) is 0.0833. The lowest BCUT2D eigenvalue weighted by atomic mass is 10.0. The van der Waals surface area contributed by atoms with Crippen LogP contribution in [0, 0.1) is 0 Å². The van der Waals surface area contributed by atoms with Crippen LogP contribution in [0.2, 0.25) is 0 Å². The summed E-state index contributed by atoms with van der Waals surface area (Å²) in [7, 11) is 0. The smallest absolute Gasteiger partial charge is 0.261 e. The molecular formula is C24H18N2O4. The lowest BCUT2D eigenvalue weighted by Crippen LogP contribution is -2.29. The lowest BCUT2D eigenvalue weighted by Gasteiger charge is -2.13. The van der Waals surface area contributed by atoms with Crippen molar-refractivity contribution in [2.75, 3.05) is 5.32 Å². The van der Waals surface area contributed by atoms with Crippen molar-refractivity contribution in [1.82, 2.24) is 4.90 Å². The number of carbonyl (C=O) groups excluding carboxylic acids is 4. The summed E-state index contributed by atoms with van der Waals surface area (Å²) < 4.78 is 0. The van der Waals surface area contributed by atoms with Crippen molar-refractivity contribution >= 4 is 29.2 Å². The van der Waals surface area contributed by atoms with Gasteiger partial charge in [-0.25, -0.2) is 0 Å². The first-order valence-electron chi connectivity index (χ1n) is 9.40. The van der Waals surface area contributed by atoms with Crippen LogP contribution >= 0.6 is 0 Å². The number of hydrogen-bond acceptors (Lipinski definition) is 4. The zero-order valence-corrected chi connectivity index (χ0v) is 16.2. The number of rotatable bonds is 5. The summed E-state index contributed by atoms with van der Waals surface area (Å²) in [4.78, 5) is 50.8. The number of anilines is 1. The van der Waals surface area contributed by atoms with Crippen LogP contribution in [0.15, 0.2) is 72.8 Å². The molecule has 0 spiro atoms. The van der Waals surface area contributed by atoms with E-state index in [-0.39, 0.29) is 34.9 Å². The molecule has 0 radical (unpaired) electrons. The van der Waals surface area contributed by atoms with E-state index in [1.54, 1.807) is 24.3 Å². The van der Waals surface area contributed by atoms with E-state index >= 15 is 0 Å². The molecular weight excluding hydrogens is 380 g/mol. The number of carbonyl (C=O) groups is 4. The number of benzene rings is 3. The molecule has 148 valence electrons. The second kappa shape index (κ2) is 7.75. The lowest BCUT2D eigenvalue weighted by molar-refractivity contribution is 0.0642. The summed E-state index contributed by atoms with van der Waals surface area (Å²) in [6, 6.07) is 20.3. The maximum atomic E-state index is 12.8. The maximum Gasteiger partial charge on any atom is 0.261 e. The molecule has 0 saturated heterocycles. The zero-order valence-electron chi connectivity index (χ0n) is 16.2. The molecule has 0 atom stereocenters. The highest BCUT2D eigenvalue weighted by atomic mass is 16.2. The Morgan fingerprint density at radius 3 is 2.27 bits per heavy atom. The quantitative estimate of drug-likeness (QED) is 0.521. The summed E-state index contributed by atoms with van der Waals surface area (Å²) in [6.45, 7) is 1.62. The Kier molecular flexibility index (Phi) is 4.98. The standard InChI is InChI=1S/C24H18N2O4/c1-15(27)17-8-5-9-19(12-17)25-22(28)18-10-11-20-21(13-18)24(30)26(23(20)29)14-16-6-3-2-4-7-16/h2-13H,14H2,1H3,(H,25,28). The minimum atomic E-state index is -0.430. The first kappa shape index (κ1) is 19.3.